The minimum atomic E-state index is -1.16. The molecule has 1 heterocycles. The van der Waals surface area contributed by atoms with Gasteiger partial charge >= 0.3 is 12.1 Å². The first-order valence-electron chi connectivity index (χ1n) is 5.82. The fourth-order valence-corrected chi connectivity index (χ4v) is 1.50. The number of anilines is 1. The Balaban J connectivity index is 1.91. The number of carboxylic acids is 1. The van der Waals surface area contributed by atoms with E-state index in [1.165, 1.54) is 18.3 Å². The second-order valence-electron chi connectivity index (χ2n) is 3.92. The van der Waals surface area contributed by atoms with Gasteiger partial charge in [0.15, 0.2) is 0 Å². The summed E-state index contributed by atoms with van der Waals surface area (Å²) in [6.45, 7) is 0.142. The second kappa shape index (κ2) is 6.33. The Hall–Kier alpha value is -2.89. The van der Waals surface area contributed by atoms with E-state index in [1.54, 1.807) is 0 Å². The van der Waals surface area contributed by atoms with Crippen molar-refractivity contribution in [3.05, 3.63) is 59.9 Å². The maximum absolute atomic E-state index is 11.6. The van der Waals surface area contributed by atoms with Gasteiger partial charge in [0.25, 0.3) is 0 Å². The number of aromatic nitrogens is 1. The van der Waals surface area contributed by atoms with Gasteiger partial charge in [0.2, 0.25) is 0 Å². The molecule has 6 nitrogen and oxygen atoms in total. The van der Waals surface area contributed by atoms with Crippen LogP contribution >= 0.6 is 0 Å². The second-order valence-corrected chi connectivity index (χ2v) is 3.92. The van der Waals surface area contributed by atoms with Gasteiger partial charge in [0.1, 0.15) is 12.3 Å². The Kier molecular flexibility index (Phi) is 4.28. The number of carboxylic acid groups (broad SMARTS) is 1. The molecule has 0 aliphatic carbocycles. The molecule has 1 aromatic carbocycles. The van der Waals surface area contributed by atoms with Crippen molar-refractivity contribution >= 4 is 17.7 Å². The lowest BCUT2D eigenvalue weighted by atomic mass is 10.2. The number of aromatic carboxylic acids is 1. The first-order chi connectivity index (χ1) is 9.65. The summed E-state index contributed by atoms with van der Waals surface area (Å²) in [6, 6.07) is 12.0. The van der Waals surface area contributed by atoms with Crippen molar-refractivity contribution in [2.75, 3.05) is 5.32 Å². The topological polar surface area (TPSA) is 88.5 Å². The van der Waals surface area contributed by atoms with Crippen molar-refractivity contribution in [1.82, 2.24) is 4.98 Å². The van der Waals surface area contributed by atoms with Gasteiger partial charge < -0.3 is 9.84 Å². The summed E-state index contributed by atoms with van der Waals surface area (Å²) in [6.07, 6.45) is 0.646. The van der Waals surface area contributed by atoms with E-state index >= 15 is 0 Å². The average molecular weight is 272 g/mol. The summed E-state index contributed by atoms with van der Waals surface area (Å²) < 4.78 is 5.01. The van der Waals surface area contributed by atoms with E-state index in [9.17, 15) is 9.59 Å². The maximum atomic E-state index is 11.6. The van der Waals surface area contributed by atoms with E-state index in [1.807, 2.05) is 30.3 Å². The molecule has 1 amide bonds. The highest BCUT2D eigenvalue weighted by molar-refractivity contribution is 5.89. The van der Waals surface area contributed by atoms with Gasteiger partial charge in [-0.15, -0.1) is 0 Å². The van der Waals surface area contributed by atoms with Crippen molar-refractivity contribution in [2.45, 2.75) is 6.61 Å². The number of hydrogen-bond donors (Lipinski definition) is 2. The Morgan fingerprint density at radius 3 is 2.65 bits per heavy atom. The van der Waals surface area contributed by atoms with Crippen LogP contribution in [0.15, 0.2) is 48.7 Å². The molecule has 2 rings (SSSR count). The zero-order valence-electron chi connectivity index (χ0n) is 10.4. The average Bonchev–Trinajstić information content (AvgIpc) is 2.46. The van der Waals surface area contributed by atoms with Crippen LogP contribution in [-0.4, -0.2) is 22.2 Å². The van der Waals surface area contributed by atoms with Crippen molar-refractivity contribution in [3.8, 4) is 0 Å². The van der Waals surface area contributed by atoms with E-state index in [0.29, 0.717) is 5.69 Å². The van der Waals surface area contributed by atoms with Gasteiger partial charge in [0, 0.05) is 11.9 Å². The Labute approximate surface area is 115 Å². The largest absolute Gasteiger partial charge is 0.477 e. The third kappa shape index (κ3) is 3.81. The van der Waals surface area contributed by atoms with Crippen LogP contribution in [0.25, 0.3) is 0 Å². The van der Waals surface area contributed by atoms with Crippen LogP contribution in [0.5, 0.6) is 0 Å². The Morgan fingerprint density at radius 1 is 1.20 bits per heavy atom. The molecule has 0 unspecified atom stereocenters. The summed E-state index contributed by atoms with van der Waals surface area (Å²) in [7, 11) is 0. The third-order valence-corrected chi connectivity index (χ3v) is 2.44. The summed E-state index contributed by atoms with van der Waals surface area (Å²) in [5.41, 5.74) is 1.03. The number of ether oxygens (including phenoxy) is 1. The molecule has 2 aromatic rings. The molecule has 0 saturated heterocycles. The van der Waals surface area contributed by atoms with Gasteiger partial charge in [-0.05, 0) is 17.7 Å². The van der Waals surface area contributed by atoms with Crippen molar-refractivity contribution in [2.24, 2.45) is 0 Å². The molecule has 6 heteroatoms. The molecule has 0 fully saturated rings. The van der Waals surface area contributed by atoms with Gasteiger partial charge in [-0.25, -0.2) is 14.6 Å². The summed E-state index contributed by atoms with van der Waals surface area (Å²) in [4.78, 5) is 26.0. The highest BCUT2D eigenvalue weighted by atomic mass is 16.5. The van der Waals surface area contributed by atoms with E-state index in [4.69, 9.17) is 9.84 Å². The molecular formula is C14H12N2O4. The molecule has 2 N–H and O–H groups in total. The van der Waals surface area contributed by atoms with Crippen LogP contribution in [0.2, 0.25) is 0 Å². The minimum absolute atomic E-state index is 0.142. The number of hydrogen-bond acceptors (Lipinski definition) is 4. The predicted molar refractivity (Wildman–Crippen MR) is 71.4 cm³/mol. The molecule has 0 aliphatic rings. The number of nitrogens with zero attached hydrogens (tertiary/aromatic N) is 1. The number of pyridine rings is 1. The summed E-state index contributed by atoms with van der Waals surface area (Å²) in [5.74, 6) is -1.16. The molecule has 0 aliphatic heterocycles. The highest BCUT2D eigenvalue weighted by Gasteiger charge is 2.08. The van der Waals surface area contributed by atoms with Crippen molar-refractivity contribution in [3.63, 3.8) is 0 Å². The quantitative estimate of drug-likeness (QED) is 0.892. The molecule has 102 valence electrons. The normalized spacial score (nSPS) is 9.80. The van der Waals surface area contributed by atoms with E-state index < -0.39 is 12.1 Å². The van der Waals surface area contributed by atoms with E-state index in [0.717, 1.165) is 5.56 Å². The van der Waals surface area contributed by atoms with E-state index in [2.05, 4.69) is 10.3 Å². The molecule has 0 radical (unpaired) electrons. The Bertz CT molecular complexity index is 614. The molecular weight excluding hydrogens is 260 g/mol. The van der Waals surface area contributed by atoms with Gasteiger partial charge in [-0.1, -0.05) is 30.3 Å². The smallest absolute Gasteiger partial charge is 0.411 e. The standard InChI is InChI=1S/C14H12N2O4/c17-13(18)12-8-11(6-7-15-12)16-14(19)20-9-10-4-2-1-3-5-10/h1-8H,9H2,(H,17,18)(H,15,16,19). The van der Waals surface area contributed by atoms with Gasteiger partial charge in [0.05, 0.1) is 0 Å². The third-order valence-electron chi connectivity index (χ3n) is 2.44. The van der Waals surface area contributed by atoms with Crippen LogP contribution in [0.1, 0.15) is 16.1 Å². The zero-order chi connectivity index (χ0) is 14.4. The number of carbonyl (C=O) groups is 2. The van der Waals surface area contributed by atoms with Crippen molar-refractivity contribution in [1.29, 1.82) is 0 Å². The van der Waals surface area contributed by atoms with Crippen LogP contribution in [0.4, 0.5) is 10.5 Å². The zero-order valence-corrected chi connectivity index (χ0v) is 10.4. The number of benzene rings is 1. The first kappa shape index (κ1) is 13.5. The summed E-state index contributed by atoms with van der Waals surface area (Å²) >= 11 is 0. The minimum Gasteiger partial charge on any atom is -0.477 e. The van der Waals surface area contributed by atoms with Crippen molar-refractivity contribution < 1.29 is 19.4 Å². The molecule has 0 bridgehead atoms. The fourth-order valence-electron chi connectivity index (χ4n) is 1.50. The number of carbonyl (C=O) groups excluding carboxylic acids is 1. The molecule has 1 aromatic heterocycles. The van der Waals surface area contributed by atoms with Crippen LogP contribution in [0.3, 0.4) is 0 Å². The molecule has 0 atom stereocenters. The maximum Gasteiger partial charge on any atom is 0.411 e. The van der Waals surface area contributed by atoms with E-state index in [-0.39, 0.29) is 12.3 Å². The molecule has 20 heavy (non-hydrogen) atoms. The molecule has 0 spiro atoms. The lowest BCUT2D eigenvalue weighted by molar-refractivity contribution is 0.0690. The Morgan fingerprint density at radius 2 is 1.95 bits per heavy atom. The van der Waals surface area contributed by atoms with Crippen LogP contribution in [0, 0.1) is 0 Å². The van der Waals surface area contributed by atoms with Gasteiger partial charge in [-0.2, -0.15) is 0 Å². The van der Waals surface area contributed by atoms with Crippen LogP contribution < -0.4 is 5.32 Å². The number of rotatable bonds is 4. The number of nitrogens with one attached hydrogen (secondary N) is 1. The lowest BCUT2D eigenvalue weighted by Gasteiger charge is -2.07. The SMILES string of the molecule is O=C(Nc1ccnc(C(=O)O)c1)OCc1ccccc1. The lowest BCUT2D eigenvalue weighted by Crippen LogP contribution is -2.14. The number of amides is 1. The first-order valence-corrected chi connectivity index (χ1v) is 5.82. The molecule has 0 saturated carbocycles. The highest BCUT2D eigenvalue weighted by Crippen LogP contribution is 2.09. The van der Waals surface area contributed by atoms with Gasteiger partial charge in [-0.3, -0.25) is 5.32 Å². The summed E-state index contributed by atoms with van der Waals surface area (Å²) in [5, 5.41) is 11.2. The predicted octanol–water partition coefficient (Wildman–Crippen LogP) is 2.53. The van der Waals surface area contributed by atoms with Crippen LogP contribution in [-0.2, 0) is 11.3 Å². The monoisotopic (exact) mass is 272 g/mol. The fraction of sp³-hybridized carbons (Fsp3) is 0.0714.